The predicted octanol–water partition coefficient (Wildman–Crippen LogP) is 3.09. The summed E-state index contributed by atoms with van der Waals surface area (Å²) in [6.07, 6.45) is 0.467. The average Bonchev–Trinajstić information content (AvgIpc) is 3.33. The van der Waals surface area contributed by atoms with Gasteiger partial charge in [0.05, 0.1) is 6.42 Å². The number of aromatic nitrogens is 3. The quantitative estimate of drug-likeness (QED) is 0.696. The smallest absolute Gasteiger partial charge is 0.227 e. The van der Waals surface area contributed by atoms with Gasteiger partial charge >= 0.3 is 0 Å². The van der Waals surface area contributed by atoms with Gasteiger partial charge in [0.1, 0.15) is 5.82 Å². The Morgan fingerprint density at radius 2 is 1.77 bits per heavy atom. The minimum atomic E-state index is 0.0341. The van der Waals surface area contributed by atoms with Gasteiger partial charge in [-0.1, -0.05) is 60.2 Å². The standard InChI is InChI=1S/C25H29N5O/c1-18-8-10-20(11-9-18)12-23(31)30-16-25(17-30)15-29(13-21-6-4-3-5-7-21)14-22(25)24-26-19(2)27-28-24/h3-11,22H,12-17H2,1-2H3,(H,26,27,28). The van der Waals surface area contributed by atoms with Gasteiger partial charge in [-0.3, -0.25) is 14.8 Å². The number of amides is 1. The van der Waals surface area contributed by atoms with E-state index in [1.807, 2.05) is 11.8 Å². The summed E-state index contributed by atoms with van der Waals surface area (Å²) in [6.45, 7) is 8.37. The number of benzene rings is 2. The molecular formula is C25H29N5O. The van der Waals surface area contributed by atoms with Gasteiger partial charge in [-0.2, -0.15) is 5.10 Å². The lowest BCUT2D eigenvalue weighted by molar-refractivity contribution is -0.142. The van der Waals surface area contributed by atoms with Gasteiger partial charge in [-0.25, -0.2) is 4.98 Å². The van der Waals surface area contributed by atoms with Crippen molar-refractivity contribution in [2.45, 2.75) is 32.7 Å². The van der Waals surface area contributed by atoms with E-state index in [9.17, 15) is 4.79 Å². The van der Waals surface area contributed by atoms with Crippen LogP contribution in [0, 0.1) is 19.3 Å². The van der Waals surface area contributed by atoms with Crippen molar-refractivity contribution in [1.82, 2.24) is 25.0 Å². The van der Waals surface area contributed by atoms with Crippen LogP contribution in [0.15, 0.2) is 54.6 Å². The number of hydrogen-bond donors (Lipinski definition) is 1. The summed E-state index contributed by atoms with van der Waals surface area (Å²) in [4.78, 5) is 22.1. The Morgan fingerprint density at radius 3 is 2.45 bits per heavy atom. The maximum Gasteiger partial charge on any atom is 0.227 e. The lowest BCUT2D eigenvalue weighted by atomic mass is 9.71. The van der Waals surface area contributed by atoms with Crippen LogP contribution >= 0.6 is 0 Å². The summed E-state index contributed by atoms with van der Waals surface area (Å²) >= 11 is 0. The first-order chi connectivity index (χ1) is 15.0. The number of carbonyl (C=O) groups is 1. The highest BCUT2D eigenvalue weighted by molar-refractivity contribution is 5.80. The number of H-pyrrole nitrogens is 1. The van der Waals surface area contributed by atoms with E-state index in [1.165, 1.54) is 11.1 Å². The summed E-state index contributed by atoms with van der Waals surface area (Å²) in [5.74, 6) is 2.18. The number of aryl methyl sites for hydroxylation is 2. The van der Waals surface area contributed by atoms with Crippen LogP contribution in [0.2, 0.25) is 0 Å². The number of hydrogen-bond acceptors (Lipinski definition) is 4. The molecule has 1 N–H and O–H groups in total. The third-order valence-electron chi connectivity index (χ3n) is 6.73. The van der Waals surface area contributed by atoms with Crippen molar-refractivity contribution in [2.24, 2.45) is 5.41 Å². The van der Waals surface area contributed by atoms with Crippen LogP contribution in [-0.2, 0) is 17.8 Å². The number of rotatable bonds is 5. The normalized spacial score (nSPS) is 20.2. The molecule has 0 aliphatic carbocycles. The molecule has 0 radical (unpaired) electrons. The van der Waals surface area contributed by atoms with Crippen LogP contribution in [0.25, 0.3) is 0 Å². The van der Waals surface area contributed by atoms with Gasteiger partial charge in [0.25, 0.3) is 0 Å². The Morgan fingerprint density at radius 1 is 1.03 bits per heavy atom. The second-order valence-electron chi connectivity index (χ2n) is 9.26. The van der Waals surface area contributed by atoms with Gasteiger partial charge in [0, 0.05) is 44.1 Å². The summed E-state index contributed by atoms with van der Waals surface area (Å²) < 4.78 is 0. The molecule has 1 atom stereocenters. The molecule has 1 unspecified atom stereocenters. The molecule has 2 saturated heterocycles. The molecule has 2 aromatic carbocycles. The van der Waals surface area contributed by atoms with E-state index in [4.69, 9.17) is 0 Å². The van der Waals surface area contributed by atoms with Crippen LogP contribution in [0.1, 0.15) is 34.3 Å². The third-order valence-corrected chi connectivity index (χ3v) is 6.73. The highest BCUT2D eigenvalue weighted by Gasteiger charge is 2.56. The molecule has 6 nitrogen and oxygen atoms in total. The first-order valence-electron chi connectivity index (χ1n) is 11.0. The van der Waals surface area contributed by atoms with Gasteiger partial charge in [0.15, 0.2) is 5.82 Å². The van der Waals surface area contributed by atoms with Crippen molar-refractivity contribution in [3.05, 3.63) is 82.9 Å². The molecule has 2 fully saturated rings. The molecule has 3 heterocycles. The van der Waals surface area contributed by atoms with E-state index in [0.717, 1.165) is 49.9 Å². The molecule has 1 spiro atoms. The van der Waals surface area contributed by atoms with Crippen molar-refractivity contribution >= 4 is 5.91 Å². The van der Waals surface area contributed by atoms with Crippen molar-refractivity contribution in [3.8, 4) is 0 Å². The topological polar surface area (TPSA) is 65.1 Å². The zero-order valence-corrected chi connectivity index (χ0v) is 18.2. The zero-order valence-electron chi connectivity index (χ0n) is 18.2. The molecule has 1 aromatic heterocycles. The van der Waals surface area contributed by atoms with Crippen molar-refractivity contribution in [2.75, 3.05) is 26.2 Å². The molecule has 5 rings (SSSR count). The lowest BCUT2D eigenvalue weighted by Crippen LogP contribution is -2.61. The highest BCUT2D eigenvalue weighted by Crippen LogP contribution is 2.48. The van der Waals surface area contributed by atoms with E-state index in [0.29, 0.717) is 6.42 Å². The number of aromatic amines is 1. The highest BCUT2D eigenvalue weighted by atomic mass is 16.2. The van der Waals surface area contributed by atoms with Crippen molar-refractivity contribution in [3.63, 3.8) is 0 Å². The summed E-state index contributed by atoms with van der Waals surface area (Å²) in [5.41, 5.74) is 3.64. The monoisotopic (exact) mass is 415 g/mol. The SMILES string of the molecule is Cc1ccc(CC(=O)N2CC3(CN(Cc4ccccc4)CC3c3n[nH]c(C)n3)C2)cc1. The van der Waals surface area contributed by atoms with E-state index >= 15 is 0 Å². The Labute approximate surface area is 183 Å². The van der Waals surface area contributed by atoms with Crippen molar-refractivity contribution in [1.29, 1.82) is 0 Å². The van der Waals surface area contributed by atoms with Crippen LogP contribution in [0.5, 0.6) is 0 Å². The molecule has 6 heteroatoms. The fourth-order valence-corrected chi connectivity index (χ4v) is 5.11. The van der Waals surface area contributed by atoms with Gasteiger partial charge in [0.2, 0.25) is 5.91 Å². The molecule has 1 amide bonds. The zero-order chi connectivity index (χ0) is 21.4. The molecule has 2 aliphatic heterocycles. The maximum atomic E-state index is 12.9. The first kappa shape index (κ1) is 19.9. The Hall–Kier alpha value is -2.99. The van der Waals surface area contributed by atoms with Gasteiger partial charge in [-0.05, 0) is 25.0 Å². The molecule has 2 aliphatic rings. The van der Waals surface area contributed by atoms with E-state index in [-0.39, 0.29) is 17.2 Å². The Bertz CT molecular complexity index is 1050. The molecule has 0 saturated carbocycles. The van der Waals surface area contributed by atoms with Gasteiger partial charge < -0.3 is 4.90 Å². The number of likely N-dealkylation sites (tertiary alicyclic amines) is 2. The van der Waals surface area contributed by atoms with E-state index in [1.54, 1.807) is 0 Å². The molecule has 3 aromatic rings. The summed E-state index contributed by atoms with van der Waals surface area (Å²) in [7, 11) is 0. The van der Waals surface area contributed by atoms with E-state index < -0.39 is 0 Å². The first-order valence-corrected chi connectivity index (χ1v) is 11.0. The number of nitrogens with one attached hydrogen (secondary N) is 1. The average molecular weight is 416 g/mol. The molecular weight excluding hydrogens is 386 g/mol. The second kappa shape index (κ2) is 7.93. The maximum absolute atomic E-state index is 12.9. The number of carbonyl (C=O) groups excluding carboxylic acids is 1. The number of nitrogens with zero attached hydrogens (tertiary/aromatic N) is 4. The van der Waals surface area contributed by atoms with Crippen LogP contribution < -0.4 is 0 Å². The fourth-order valence-electron chi connectivity index (χ4n) is 5.11. The predicted molar refractivity (Wildman–Crippen MR) is 119 cm³/mol. The molecule has 160 valence electrons. The lowest BCUT2D eigenvalue weighted by Gasteiger charge is -2.50. The van der Waals surface area contributed by atoms with Crippen LogP contribution in [-0.4, -0.2) is 57.1 Å². The van der Waals surface area contributed by atoms with Gasteiger partial charge in [-0.15, -0.1) is 0 Å². The van der Waals surface area contributed by atoms with Crippen LogP contribution in [0.3, 0.4) is 0 Å². The van der Waals surface area contributed by atoms with Crippen molar-refractivity contribution < 1.29 is 4.79 Å². The molecule has 31 heavy (non-hydrogen) atoms. The van der Waals surface area contributed by atoms with Crippen LogP contribution in [0.4, 0.5) is 0 Å². The summed E-state index contributed by atoms with van der Waals surface area (Å²) in [5, 5.41) is 7.50. The fraction of sp³-hybridized carbons (Fsp3) is 0.400. The minimum Gasteiger partial charge on any atom is -0.341 e. The largest absolute Gasteiger partial charge is 0.341 e. The Kier molecular flexibility index (Phi) is 5.10. The van der Waals surface area contributed by atoms with E-state index in [2.05, 4.69) is 81.6 Å². The summed E-state index contributed by atoms with van der Waals surface area (Å²) in [6, 6.07) is 18.8. The Balaban J connectivity index is 1.30. The second-order valence-corrected chi connectivity index (χ2v) is 9.26. The minimum absolute atomic E-state index is 0.0341. The third kappa shape index (κ3) is 4.00. The molecule has 0 bridgehead atoms.